The molecule has 0 aromatic heterocycles. The van der Waals surface area contributed by atoms with E-state index in [9.17, 15) is 9.59 Å². The number of hydrogen-bond donors (Lipinski definition) is 2. The summed E-state index contributed by atoms with van der Waals surface area (Å²) in [5.74, 6) is 0.703. The van der Waals surface area contributed by atoms with Gasteiger partial charge in [0.05, 0.1) is 14.2 Å². The molecular weight excluding hydrogens is 316 g/mol. The minimum absolute atomic E-state index is 0.0232. The molecule has 0 spiro atoms. The van der Waals surface area contributed by atoms with Crippen molar-refractivity contribution in [1.29, 1.82) is 0 Å². The van der Waals surface area contributed by atoms with Crippen molar-refractivity contribution in [2.75, 3.05) is 19.5 Å². The van der Waals surface area contributed by atoms with Crippen LogP contribution in [-0.4, -0.2) is 31.9 Å². The van der Waals surface area contributed by atoms with Gasteiger partial charge in [0.2, 0.25) is 0 Å². The van der Waals surface area contributed by atoms with Crippen LogP contribution in [0.2, 0.25) is 0 Å². The van der Waals surface area contributed by atoms with Crippen LogP contribution in [0.25, 0.3) is 0 Å². The van der Waals surface area contributed by atoms with Gasteiger partial charge in [-0.25, -0.2) is 0 Å². The third-order valence-electron chi connectivity index (χ3n) is 4.29. The van der Waals surface area contributed by atoms with E-state index in [-0.39, 0.29) is 17.7 Å². The van der Waals surface area contributed by atoms with E-state index in [2.05, 4.69) is 5.32 Å². The van der Waals surface area contributed by atoms with Crippen molar-refractivity contribution in [3.05, 3.63) is 59.7 Å². The maximum absolute atomic E-state index is 12.5. The van der Waals surface area contributed by atoms with Crippen molar-refractivity contribution in [1.82, 2.24) is 0 Å². The average Bonchev–Trinajstić information content (AvgIpc) is 2.61. The molecule has 0 aliphatic rings. The van der Waals surface area contributed by atoms with Crippen molar-refractivity contribution in [2.24, 2.45) is 0 Å². The maximum Gasteiger partial charge on any atom is 0.282 e. The minimum Gasteiger partial charge on any atom is -0.497 e. The summed E-state index contributed by atoms with van der Waals surface area (Å²) < 4.78 is 5.24. The quantitative estimate of drug-likeness (QED) is 0.757. The highest BCUT2D eigenvalue weighted by Gasteiger charge is 2.22. The number of quaternary nitrogens is 1. The van der Waals surface area contributed by atoms with Crippen LogP contribution in [0.3, 0.4) is 0 Å². The molecule has 0 fully saturated rings. The molecular formula is C20H25N2O3+. The lowest BCUT2D eigenvalue weighted by molar-refractivity contribution is -0.907. The Labute approximate surface area is 148 Å². The number of benzene rings is 2. The molecule has 25 heavy (non-hydrogen) atoms. The van der Waals surface area contributed by atoms with Gasteiger partial charge in [-0.3, -0.25) is 9.59 Å². The summed E-state index contributed by atoms with van der Waals surface area (Å²) in [4.78, 5) is 25.0. The maximum atomic E-state index is 12.5. The molecule has 1 unspecified atom stereocenters. The van der Waals surface area contributed by atoms with E-state index < -0.39 is 0 Å². The van der Waals surface area contributed by atoms with Gasteiger partial charge >= 0.3 is 0 Å². The number of rotatable bonds is 7. The number of nitrogens with one attached hydrogen (secondary N) is 2. The topological polar surface area (TPSA) is 59.8 Å². The van der Waals surface area contributed by atoms with Gasteiger partial charge in [0.1, 0.15) is 12.3 Å². The first-order valence-corrected chi connectivity index (χ1v) is 8.28. The molecule has 0 bridgehead atoms. The van der Waals surface area contributed by atoms with Gasteiger partial charge in [-0.05, 0) is 38.1 Å². The number of anilines is 1. The zero-order chi connectivity index (χ0) is 18.4. The molecule has 0 saturated carbocycles. The lowest BCUT2D eigenvalue weighted by Gasteiger charge is -2.21. The number of Topliss-reactive ketones (excluding diaryl/α,β-unsaturated/α-hetero) is 1. The molecule has 5 nitrogen and oxygen atoms in total. The van der Waals surface area contributed by atoms with Gasteiger partial charge in [0.15, 0.2) is 11.8 Å². The van der Waals surface area contributed by atoms with Crippen LogP contribution in [0.5, 0.6) is 5.75 Å². The zero-order valence-corrected chi connectivity index (χ0v) is 15.1. The number of carbonyl (C=O) groups is 2. The Bertz CT molecular complexity index is 758. The van der Waals surface area contributed by atoms with Crippen molar-refractivity contribution in [3.63, 3.8) is 0 Å². The number of methoxy groups -OCH3 is 1. The molecule has 0 aliphatic heterocycles. The summed E-state index contributed by atoms with van der Waals surface area (Å²) in [5, 5.41) is 2.89. The van der Waals surface area contributed by atoms with Crippen LogP contribution in [0, 0.1) is 0 Å². The van der Waals surface area contributed by atoms with Crippen LogP contribution >= 0.6 is 0 Å². The van der Waals surface area contributed by atoms with Crippen LogP contribution in [0.4, 0.5) is 5.69 Å². The van der Waals surface area contributed by atoms with Gasteiger partial charge in [0.25, 0.3) is 5.91 Å². The van der Waals surface area contributed by atoms with Crippen LogP contribution in [0.15, 0.2) is 48.5 Å². The van der Waals surface area contributed by atoms with E-state index in [1.807, 2.05) is 38.2 Å². The Kier molecular flexibility index (Phi) is 6.31. The third-order valence-corrected chi connectivity index (χ3v) is 4.29. The first-order chi connectivity index (χ1) is 11.9. The molecule has 5 heteroatoms. The highest BCUT2D eigenvalue weighted by molar-refractivity contribution is 5.97. The summed E-state index contributed by atoms with van der Waals surface area (Å²) in [6.07, 6.45) is 0. The Morgan fingerprint density at radius 2 is 1.88 bits per heavy atom. The minimum atomic E-state index is -0.243. The average molecular weight is 341 g/mol. The summed E-state index contributed by atoms with van der Waals surface area (Å²) >= 11 is 0. The van der Waals surface area contributed by atoms with Gasteiger partial charge in [-0.1, -0.05) is 24.3 Å². The fourth-order valence-electron chi connectivity index (χ4n) is 2.55. The molecule has 2 atom stereocenters. The van der Waals surface area contributed by atoms with Gasteiger partial charge in [-0.15, -0.1) is 0 Å². The molecule has 2 N–H and O–H groups in total. The van der Waals surface area contributed by atoms with E-state index in [1.54, 1.807) is 31.4 Å². The summed E-state index contributed by atoms with van der Waals surface area (Å²) in [6, 6.07) is 14.6. The molecule has 0 heterocycles. The molecule has 0 radical (unpaired) electrons. The standard InChI is InChI=1S/C20H24N2O3/c1-14(22(3)13-16-7-5-10-19(11-16)25-4)20(24)21-18-9-6-8-17(12-18)15(2)23/h5-12,14H,13H2,1-4H3,(H,21,24)/p+1/t14-/m0/s1. The van der Waals surface area contributed by atoms with Crippen molar-refractivity contribution in [3.8, 4) is 5.75 Å². The lowest BCUT2D eigenvalue weighted by Crippen LogP contribution is -3.12. The molecule has 132 valence electrons. The highest BCUT2D eigenvalue weighted by atomic mass is 16.5. The van der Waals surface area contributed by atoms with Crippen LogP contribution < -0.4 is 15.0 Å². The van der Waals surface area contributed by atoms with E-state index in [4.69, 9.17) is 4.74 Å². The number of amides is 1. The number of hydrogen-bond acceptors (Lipinski definition) is 3. The third kappa shape index (κ3) is 5.16. The molecule has 0 saturated heterocycles. The molecule has 2 rings (SSSR count). The molecule has 2 aromatic carbocycles. The zero-order valence-electron chi connectivity index (χ0n) is 15.1. The van der Waals surface area contributed by atoms with E-state index in [0.29, 0.717) is 17.8 Å². The van der Waals surface area contributed by atoms with Gasteiger partial charge in [0, 0.05) is 16.8 Å². The Morgan fingerprint density at radius 3 is 2.56 bits per heavy atom. The van der Waals surface area contributed by atoms with E-state index in [1.165, 1.54) is 6.92 Å². The van der Waals surface area contributed by atoms with Gasteiger partial charge in [-0.2, -0.15) is 0 Å². The van der Waals surface area contributed by atoms with Crippen molar-refractivity contribution >= 4 is 17.4 Å². The Hall–Kier alpha value is -2.66. The second-order valence-corrected chi connectivity index (χ2v) is 6.22. The van der Waals surface area contributed by atoms with Crippen molar-refractivity contribution < 1.29 is 19.2 Å². The largest absolute Gasteiger partial charge is 0.497 e. The smallest absolute Gasteiger partial charge is 0.282 e. The predicted octanol–water partition coefficient (Wildman–Crippen LogP) is 1.94. The second kappa shape index (κ2) is 8.44. The highest BCUT2D eigenvalue weighted by Crippen LogP contribution is 2.12. The fourth-order valence-corrected chi connectivity index (χ4v) is 2.55. The Balaban J connectivity index is 2.01. The number of ketones is 1. The van der Waals surface area contributed by atoms with E-state index in [0.717, 1.165) is 16.2 Å². The molecule has 1 amide bonds. The fraction of sp³-hybridized carbons (Fsp3) is 0.300. The van der Waals surface area contributed by atoms with Crippen LogP contribution in [0.1, 0.15) is 29.8 Å². The normalized spacial score (nSPS) is 13.0. The van der Waals surface area contributed by atoms with Crippen LogP contribution in [-0.2, 0) is 11.3 Å². The molecule has 0 aliphatic carbocycles. The summed E-state index contributed by atoms with van der Waals surface area (Å²) in [7, 11) is 3.62. The number of carbonyl (C=O) groups excluding carboxylic acids is 2. The SMILES string of the molecule is COc1cccc(C[NH+](C)[C@@H](C)C(=O)Nc2cccc(C(C)=O)c2)c1. The monoisotopic (exact) mass is 341 g/mol. The second-order valence-electron chi connectivity index (χ2n) is 6.22. The van der Waals surface area contributed by atoms with Gasteiger partial charge < -0.3 is 15.0 Å². The predicted molar refractivity (Wildman–Crippen MR) is 98.1 cm³/mol. The number of likely N-dealkylation sites (N-methyl/N-ethyl adjacent to an activating group) is 1. The first kappa shape index (κ1) is 18.7. The lowest BCUT2D eigenvalue weighted by atomic mass is 10.1. The summed E-state index contributed by atoms with van der Waals surface area (Å²) in [6.45, 7) is 4.11. The van der Waals surface area contributed by atoms with E-state index >= 15 is 0 Å². The first-order valence-electron chi connectivity index (χ1n) is 8.28. The molecule has 2 aromatic rings. The Morgan fingerprint density at radius 1 is 1.16 bits per heavy atom. The van der Waals surface area contributed by atoms with Crippen molar-refractivity contribution in [2.45, 2.75) is 26.4 Å². The summed E-state index contributed by atoms with van der Waals surface area (Å²) in [5.41, 5.74) is 2.33. The number of ether oxygens (including phenoxy) is 1.